The molecule has 104 valence electrons. The summed E-state index contributed by atoms with van der Waals surface area (Å²) < 4.78 is 5.59. The molecular weight excluding hydrogens is 244 g/mol. The molecule has 0 aromatic heterocycles. The molecule has 0 bridgehead atoms. The highest BCUT2D eigenvalue weighted by molar-refractivity contribution is 5.84. The van der Waals surface area contributed by atoms with Gasteiger partial charge in [-0.25, -0.2) is 0 Å². The molecule has 5 heteroatoms. The van der Waals surface area contributed by atoms with E-state index in [1.807, 2.05) is 32.0 Å². The Labute approximate surface area is 113 Å². The fourth-order valence-electron chi connectivity index (χ4n) is 1.42. The van der Waals surface area contributed by atoms with E-state index >= 15 is 0 Å². The Kier molecular flexibility index (Phi) is 5.36. The van der Waals surface area contributed by atoms with Crippen molar-refractivity contribution in [3.63, 3.8) is 0 Å². The van der Waals surface area contributed by atoms with Crippen LogP contribution in [0, 0.1) is 13.8 Å². The van der Waals surface area contributed by atoms with Crippen LogP contribution in [0.5, 0.6) is 5.75 Å². The molecule has 0 saturated carbocycles. The number of hydrogen-bond acceptors (Lipinski definition) is 3. The van der Waals surface area contributed by atoms with E-state index in [0.29, 0.717) is 12.2 Å². The van der Waals surface area contributed by atoms with Crippen molar-refractivity contribution >= 4 is 11.8 Å². The molecule has 0 radical (unpaired) electrons. The van der Waals surface area contributed by atoms with E-state index < -0.39 is 6.10 Å². The summed E-state index contributed by atoms with van der Waals surface area (Å²) in [6, 6.07) is 5.67. The van der Waals surface area contributed by atoms with E-state index in [9.17, 15) is 9.59 Å². The summed E-state index contributed by atoms with van der Waals surface area (Å²) >= 11 is 0. The average Bonchev–Trinajstić information content (AvgIpc) is 2.40. The van der Waals surface area contributed by atoms with Gasteiger partial charge in [-0.15, -0.1) is 0 Å². The summed E-state index contributed by atoms with van der Waals surface area (Å²) in [5.74, 6) is 0.0412. The highest BCUT2D eigenvalue weighted by Gasteiger charge is 2.16. The van der Waals surface area contributed by atoms with Gasteiger partial charge in [0.1, 0.15) is 5.75 Å². The molecule has 2 amide bonds. The van der Waals surface area contributed by atoms with Crippen molar-refractivity contribution in [3.05, 3.63) is 29.3 Å². The van der Waals surface area contributed by atoms with Crippen LogP contribution in [-0.4, -0.2) is 17.9 Å². The van der Waals surface area contributed by atoms with Crippen LogP contribution >= 0.6 is 0 Å². The molecule has 0 aliphatic carbocycles. The van der Waals surface area contributed by atoms with Gasteiger partial charge in [0.2, 0.25) is 5.91 Å². The zero-order valence-electron chi connectivity index (χ0n) is 11.7. The third-order valence-corrected chi connectivity index (χ3v) is 2.87. The second-order valence-corrected chi connectivity index (χ2v) is 4.35. The predicted molar refractivity (Wildman–Crippen MR) is 72.6 cm³/mol. The first-order chi connectivity index (χ1) is 8.95. The monoisotopic (exact) mass is 264 g/mol. The van der Waals surface area contributed by atoms with Gasteiger partial charge in [-0.05, 0) is 38.0 Å². The third kappa shape index (κ3) is 4.28. The lowest BCUT2D eigenvalue weighted by Gasteiger charge is -2.17. The molecule has 1 aromatic carbocycles. The molecule has 5 nitrogen and oxygen atoms in total. The summed E-state index contributed by atoms with van der Waals surface area (Å²) in [7, 11) is 0. The van der Waals surface area contributed by atoms with Crippen LogP contribution in [-0.2, 0) is 9.59 Å². The highest BCUT2D eigenvalue weighted by atomic mass is 16.5. The van der Waals surface area contributed by atoms with Crippen LogP contribution in [0.15, 0.2) is 18.2 Å². The lowest BCUT2D eigenvalue weighted by atomic mass is 10.1. The maximum atomic E-state index is 11.7. The molecule has 0 saturated heterocycles. The van der Waals surface area contributed by atoms with E-state index in [-0.39, 0.29) is 11.8 Å². The minimum atomic E-state index is -0.683. The number of hydrazine groups is 1. The number of nitrogens with one attached hydrogen (secondary N) is 2. The number of aryl methyl sites for hydroxylation is 1. The molecule has 0 fully saturated rings. The molecule has 1 aromatic rings. The van der Waals surface area contributed by atoms with E-state index in [4.69, 9.17) is 4.74 Å². The second kappa shape index (κ2) is 6.78. The second-order valence-electron chi connectivity index (χ2n) is 4.35. The Balaban J connectivity index is 2.59. The zero-order chi connectivity index (χ0) is 14.4. The molecule has 1 rings (SSSR count). The van der Waals surface area contributed by atoms with Crippen LogP contribution in [0.25, 0.3) is 0 Å². The molecular formula is C14H20N2O3. The lowest BCUT2D eigenvalue weighted by Crippen LogP contribution is -2.47. The molecule has 1 unspecified atom stereocenters. The lowest BCUT2D eigenvalue weighted by molar-refractivity contribution is -0.132. The summed E-state index contributed by atoms with van der Waals surface area (Å²) in [5, 5.41) is 0. The summed E-state index contributed by atoms with van der Waals surface area (Å²) in [6.45, 7) is 7.26. The van der Waals surface area contributed by atoms with Crippen LogP contribution in [0.2, 0.25) is 0 Å². The Hall–Kier alpha value is -2.04. The quantitative estimate of drug-likeness (QED) is 0.812. The van der Waals surface area contributed by atoms with Crippen molar-refractivity contribution in [3.8, 4) is 5.75 Å². The fraction of sp³-hybridized carbons (Fsp3) is 0.429. The SMILES string of the molecule is CCC(=O)NNC(=O)C(C)Oc1cccc(C)c1C. The van der Waals surface area contributed by atoms with Crippen molar-refractivity contribution in [1.29, 1.82) is 0 Å². The summed E-state index contributed by atoms with van der Waals surface area (Å²) in [5.41, 5.74) is 6.73. The van der Waals surface area contributed by atoms with E-state index in [0.717, 1.165) is 11.1 Å². The minimum Gasteiger partial charge on any atom is -0.481 e. The number of carbonyl (C=O) groups is 2. The Bertz CT molecular complexity index is 472. The first-order valence-corrected chi connectivity index (χ1v) is 6.27. The predicted octanol–water partition coefficient (Wildman–Crippen LogP) is 1.63. The fourth-order valence-corrected chi connectivity index (χ4v) is 1.42. The summed E-state index contributed by atoms with van der Waals surface area (Å²) in [4.78, 5) is 22.7. The van der Waals surface area contributed by atoms with Crippen molar-refractivity contribution in [2.45, 2.75) is 40.2 Å². The van der Waals surface area contributed by atoms with E-state index in [2.05, 4.69) is 10.9 Å². The molecule has 0 spiro atoms. The van der Waals surface area contributed by atoms with Gasteiger partial charge in [0.25, 0.3) is 5.91 Å². The smallest absolute Gasteiger partial charge is 0.279 e. The normalized spacial score (nSPS) is 11.6. The van der Waals surface area contributed by atoms with Crippen LogP contribution in [0.4, 0.5) is 0 Å². The van der Waals surface area contributed by atoms with Gasteiger partial charge in [-0.1, -0.05) is 19.1 Å². The molecule has 2 N–H and O–H groups in total. The minimum absolute atomic E-state index is 0.243. The zero-order valence-corrected chi connectivity index (χ0v) is 11.7. The molecule has 1 atom stereocenters. The maximum absolute atomic E-state index is 11.7. The van der Waals surface area contributed by atoms with Crippen LogP contribution in [0.3, 0.4) is 0 Å². The van der Waals surface area contributed by atoms with E-state index in [1.54, 1.807) is 13.8 Å². The Morgan fingerprint density at radius 1 is 1.26 bits per heavy atom. The molecule has 0 heterocycles. The first-order valence-electron chi connectivity index (χ1n) is 6.27. The van der Waals surface area contributed by atoms with Crippen molar-refractivity contribution < 1.29 is 14.3 Å². The van der Waals surface area contributed by atoms with Gasteiger partial charge < -0.3 is 4.74 Å². The highest BCUT2D eigenvalue weighted by Crippen LogP contribution is 2.21. The van der Waals surface area contributed by atoms with Gasteiger partial charge in [-0.3, -0.25) is 20.4 Å². The Morgan fingerprint density at radius 2 is 1.95 bits per heavy atom. The number of benzene rings is 1. The van der Waals surface area contributed by atoms with Gasteiger partial charge in [-0.2, -0.15) is 0 Å². The number of rotatable bonds is 4. The largest absolute Gasteiger partial charge is 0.481 e. The Morgan fingerprint density at radius 3 is 2.58 bits per heavy atom. The number of hydrogen-bond donors (Lipinski definition) is 2. The summed E-state index contributed by atoms with van der Waals surface area (Å²) in [6.07, 6.45) is -0.371. The molecule has 0 aliphatic rings. The van der Waals surface area contributed by atoms with Crippen molar-refractivity contribution in [1.82, 2.24) is 10.9 Å². The topological polar surface area (TPSA) is 67.4 Å². The standard InChI is InChI=1S/C14H20N2O3/c1-5-13(17)15-16-14(18)11(4)19-12-8-6-7-9(2)10(12)3/h6-8,11H,5H2,1-4H3,(H,15,17)(H,16,18). The third-order valence-electron chi connectivity index (χ3n) is 2.87. The van der Waals surface area contributed by atoms with Crippen LogP contribution < -0.4 is 15.6 Å². The molecule has 0 aliphatic heterocycles. The molecule has 19 heavy (non-hydrogen) atoms. The first kappa shape index (κ1) is 15.0. The van der Waals surface area contributed by atoms with Crippen molar-refractivity contribution in [2.75, 3.05) is 0 Å². The average molecular weight is 264 g/mol. The number of ether oxygens (including phenoxy) is 1. The van der Waals surface area contributed by atoms with E-state index in [1.165, 1.54) is 0 Å². The van der Waals surface area contributed by atoms with Gasteiger partial charge in [0.15, 0.2) is 6.10 Å². The number of amides is 2. The van der Waals surface area contributed by atoms with Crippen LogP contribution in [0.1, 0.15) is 31.4 Å². The maximum Gasteiger partial charge on any atom is 0.279 e. The van der Waals surface area contributed by atoms with Gasteiger partial charge >= 0.3 is 0 Å². The van der Waals surface area contributed by atoms with Gasteiger partial charge in [0.05, 0.1) is 0 Å². The van der Waals surface area contributed by atoms with Crippen molar-refractivity contribution in [2.24, 2.45) is 0 Å². The number of carbonyl (C=O) groups excluding carboxylic acids is 2. The van der Waals surface area contributed by atoms with Gasteiger partial charge in [0, 0.05) is 6.42 Å².